The average molecular weight is 337 g/mol. The molecule has 4 heteroatoms. The minimum Gasteiger partial charge on any atom is -0.447 e. The summed E-state index contributed by atoms with van der Waals surface area (Å²) in [7, 11) is 0. The number of thioether (sulfide) groups is 1. The van der Waals surface area contributed by atoms with Crippen LogP contribution in [0.1, 0.15) is 12.0 Å². The lowest BCUT2D eigenvalue weighted by Crippen LogP contribution is -2.23. The van der Waals surface area contributed by atoms with Crippen LogP contribution in [0.25, 0.3) is 5.57 Å². The molecule has 0 spiro atoms. The fraction of sp³-hybridized carbons (Fsp3) is 0.150. The molecule has 2 aromatic rings. The lowest BCUT2D eigenvalue weighted by Gasteiger charge is -2.21. The Morgan fingerprint density at radius 2 is 1.79 bits per heavy atom. The van der Waals surface area contributed by atoms with Crippen LogP contribution in [-0.4, -0.2) is 24.1 Å². The van der Waals surface area contributed by atoms with Crippen molar-refractivity contribution in [3.63, 3.8) is 0 Å². The molecule has 1 amide bonds. The van der Waals surface area contributed by atoms with Gasteiger partial charge in [-0.2, -0.15) is 0 Å². The van der Waals surface area contributed by atoms with Crippen molar-refractivity contribution in [3.8, 4) is 0 Å². The van der Waals surface area contributed by atoms with E-state index in [0.717, 1.165) is 21.1 Å². The molecule has 2 aromatic carbocycles. The van der Waals surface area contributed by atoms with Crippen molar-refractivity contribution in [3.05, 3.63) is 83.9 Å². The summed E-state index contributed by atoms with van der Waals surface area (Å²) in [6, 6.07) is 20.2. The van der Waals surface area contributed by atoms with Gasteiger partial charge >= 0.3 is 6.09 Å². The quantitative estimate of drug-likeness (QED) is 0.537. The first-order chi connectivity index (χ1) is 11.8. The van der Waals surface area contributed by atoms with Gasteiger partial charge in [-0.15, -0.1) is 6.58 Å². The van der Waals surface area contributed by atoms with Gasteiger partial charge in [0, 0.05) is 4.90 Å². The molecule has 3 rings (SSSR count). The van der Waals surface area contributed by atoms with Crippen LogP contribution in [0.3, 0.4) is 0 Å². The maximum Gasteiger partial charge on any atom is 0.414 e. The Labute approximate surface area is 146 Å². The van der Waals surface area contributed by atoms with E-state index in [9.17, 15) is 4.79 Å². The summed E-state index contributed by atoms with van der Waals surface area (Å²) in [5.41, 5.74) is 2.17. The first-order valence-electron chi connectivity index (χ1n) is 7.86. The highest BCUT2D eigenvalue weighted by molar-refractivity contribution is 8.03. The molecule has 122 valence electrons. The van der Waals surface area contributed by atoms with Crippen molar-refractivity contribution in [1.82, 2.24) is 4.90 Å². The Kier molecular flexibility index (Phi) is 5.39. The van der Waals surface area contributed by atoms with E-state index in [0.29, 0.717) is 19.6 Å². The van der Waals surface area contributed by atoms with Crippen LogP contribution in [0.4, 0.5) is 4.79 Å². The molecule has 1 fully saturated rings. The molecule has 0 N–H and O–H groups in total. The van der Waals surface area contributed by atoms with Gasteiger partial charge in [-0.3, -0.25) is 4.90 Å². The maximum atomic E-state index is 12.2. The van der Waals surface area contributed by atoms with E-state index >= 15 is 0 Å². The smallest absolute Gasteiger partial charge is 0.414 e. The van der Waals surface area contributed by atoms with Gasteiger partial charge in [0.25, 0.3) is 0 Å². The highest BCUT2D eigenvalue weighted by atomic mass is 32.2. The molecular weight excluding hydrogens is 318 g/mol. The topological polar surface area (TPSA) is 29.5 Å². The van der Waals surface area contributed by atoms with Gasteiger partial charge < -0.3 is 4.74 Å². The minimum atomic E-state index is -0.286. The second kappa shape index (κ2) is 7.88. The summed E-state index contributed by atoms with van der Waals surface area (Å²) in [6.07, 6.45) is 2.27. The summed E-state index contributed by atoms with van der Waals surface area (Å²) in [5.74, 6) is 0. The highest BCUT2D eigenvalue weighted by Crippen LogP contribution is 2.38. The monoisotopic (exact) mass is 337 g/mol. The van der Waals surface area contributed by atoms with Crippen molar-refractivity contribution in [1.29, 1.82) is 0 Å². The number of ether oxygens (including phenoxy) is 1. The van der Waals surface area contributed by atoms with Gasteiger partial charge in [-0.1, -0.05) is 66.4 Å². The summed E-state index contributed by atoms with van der Waals surface area (Å²) in [5, 5.41) is 0.912. The van der Waals surface area contributed by atoms with Gasteiger partial charge in [0.1, 0.15) is 6.61 Å². The van der Waals surface area contributed by atoms with E-state index in [1.165, 1.54) is 0 Å². The molecular formula is C20H19NO2S. The highest BCUT2D eigenvalue weighted by Gasteiger charge is 2.28. The molecule has 0 bridgehead atoms. The molecule has 0 radical (unpaired) electrons. The van der Waals surface area contributed by atoms with Gasteiger partial charge in [-0.05, 0) is 29.7 Å². The van der Waals surface area contributed by atoms with Crippen LogP contribution >= 0.6 is 11.8 Å². The van der Waals surface area contributed by atoms with Gasteiger partial charge in [0.15, 0.2) is 0 Å². The standard InChI is InChI=1S/C20H19NO2S/c1-2-9-18(16-10-5-3-6-11-16)19(21-14-15-23-20(21)22)24-17-12-7-4-8-13-17/h2-8,10-13H,1,9,14-15H2/b19-18+. The summed E-state index contributed by atoms with van der Waals surface area (Å²) < 4.78 is 5.16. The summed E-state index contributed by atoms with van der Waals surface area (Å²) >= 11 is 1.59. The van der Waals surface area contributed by atoms with Gasteiger partial charge in [0.2, 0.25) is 0 Å². The molecule has 0 unspecified atom stereocenters. The number of hydrogen-bond donors (Lipinski definition) is 0. The van der Waals surface area contributed by atoms with Crippen molar-refractivity contribution in [2.45, 2.75) is 11.3 Å². The number of nitrogens with zero attached hydrogens (tertiary/aromatic N) is 1. The largest absolute Gasteiger partial charge is 0.447 e. The van der Waals surface area contributed by atoms with Gasteiger partial charge in [0.05, 0.1) is 11.6 Å². The van der Waals surface area contributed by atoms with Crippen LogP contribution in [0.5, 0.6) is 0 Å². The van der Waals surface area contributed by atoms with E-state index in [1.54, 1.807) is 16.7 Å². The summed E-state index contributed by atoms with van der Waals surface area (Å²) in [4.78, 5) is 15.0. The first-order valence-corrected chi connectivity index (χ1v) is 8.68. The molecule has 1 aliphatic rings. The Balaban J connectivity index is 2.09. The zero-order valence-corrected chi connectivity index (χ0v) is 14.2. The van der Waals surface area contributed by atoms with Gasteiger partial charge in [-0.25, -0.2) is 4.79 Å². The number of hydrogen-bond acceptors (Lipinski definition) is 3. The third-order valence-corrected chi connectivity index (χ3v) is 4.86. The van der Waals surface area contributed by atoms with Crippen LogP contribution in [0, 0.1) is 0 Å². The Morgan fingerprint density at radius 3 is 2.38 bits per heavy atom. The Hall–Kier alpha value is -2.46. The fourth-order valence-corrected chi connectivity index (χ4v) is 3.69. The number of allylic oxidation sites excluding steroid dienone is 2. The number of carbonyl (C=O) groups is 1. The fourth-order valence-electron chi connectivity index (χ4n) is 2.57. The van der Waals surface area contributed by atoms with Crippen LogP contribution in [-0.2, 0) is 4.74 Å². The van der Waals surface area contributed by atoms with E-state index in [2.05, 4.69) is 18.7 Å². The third kappa shape index (κ3) is 3.71. The van der Waals surface area contributed by atoms with E-state index in [4.69, 9.17) is 4.74 Å². The van der Waals surface area contributed by atoms with E-state index in [1.807, 2.05) is 54.6 Å². The molecule has 1 aliphatic heterocycles. The number of carbonyl (C=O) groups excluding carboxylic acids is 1. The normalized spacial score (nSPS) is 15.0. The molecule has 0 saturated carbocycles. The van der Waals surface area contributed by atoms with Crippen LogP contribution in [0.15, 0.2) is 83.2 Å². The molecule has 0 aliphatic carbocycles. The number of amides is 1. The third-order valence-electron chi connectivity index (χ3n) is 3.69. The maximum absolute atomic E-state index is 12.2. The van der Waals surface area contributed by atoms with Crippen molar-refractivity contribution >= 4 is 23.4 Å². The second-order valence-electron chi connectivity index (χ2n) is 5.32. The lowest BCUT2D eigenvalue weighted by molar-refractivity contribution is 0.165. The van der Waals surface area contributed by atoms with Crippen LogP contribution in [0.2, 0.25) is 0 Å². The van der Waals surface area contributed by atoms with Crippen molar-refractivity contribution in [2.24, 2.45) is 0 Å². The molecule has 1 saturated heterocycles. The zero-order valence-electron chi connectivity index (χ0n) is 13.4. The zero-order chi connectivity index (χ0) is 16.8. The Morgan fingerprint density at radius 1 is 1.12 bits per heavy atom. The molecule has 1 heterocycles. The minimum absolute atomic E-state index is 0.286. The SMILES string of the molecule is C=CC/C(=C(\Sc1ccccc1)N1CCOC1=O)c1ccccc1. The Bertz CT molecular complexity index is 741. The number of cyclic esters (lactones) is 1. The summed E-state index contributed by atoms with van der Waals surface area (Å²) in [6.45, 7) is 4.88. The molecule has 3 nitrogen and oxygen atoms in total. The number of benzene rings is 2. The second-order valence-corrected chi connectivity index (χ2v) is 6.39. The first kappa shape index (κ1) is 16.4. The lowest BCUT2D eigenvalue weighted by atomic mass is 10.0. The van der Waals surface area contributed by atoms with Crippen molar-refractivity contribution < 1.29 is 9.53 Å². The molecule has 0 aromatic heterocycles. The average Bonchev–Trinajstić information content (AvgIpc) is 3.05. The van der Waals surface area contributed by atoms with E-state index in [-0.39, 0.29) is 6.09 Å². The number of rotatable bonds is 6. The predicted octanol–water partition coefficient (Wildman–Crippen LogP) is 5.18. The van der Waals surface area contributed by atoms with E-state index < -0.39 is 0 Å². The predicted molar refractivity (Wildman–Crippen MR) is 98.5 cm³/mol. The molecule has 0 atom stereocenters. The molecule has 24 heavy (non-hydrogen) atoms. The van der Waals surface area contributed by atoms with Crippen molar-refractivity contribution in [2.75, 3.05) is 13.2 Å². The van der Waals surface area contributed by atoms with Crippen LogP contribution < -0.4 is 0 Å².